The molecule has 0 saturated heterocycles. The number of amides is 2. The smallest absolute Gasteiger partial charge is 0.260 e. The molecule has 0 spiro atoms. The van der Waals surface area contributed by atoms with E-state index < -0.39 is 6.10 Å². The van der Waals surface area contributed by atoms with Gasteiger partial charge in [-0.05, 0) is 31.2 Å². The van der Waals surface area contributed by atoms with Gasteiger partial charge in [-0.25, -0.2) is 0 Å². The van der Waals surface area contributed by atoms with Crippen molar-refractivity contribution in [2.45, 2.75) is 19.4 Å². The number of carbonyl (C=O) groups excluding carboxylic acids is 2. The van der Waals surface area contributed by atoms with Crippen LogP contribution in [0.25, 0.3) is 0 Å². The molecule has 112 valence electrons. The highest BCUT2D eigenvalue weighted by Crippen LogP contribution is 2.16. The standard InChI is InChI=1S/C14H16ClN3O3/c1-10(21-12-4-2-11(15)3-5-12)14(20)18-9-8-17-13(19)6-7-16/h2-5,10H,6,8-9H2,1H3,(H,17,19)(H,18,20). The van der Waals surface area contributed by atoms with Crippen molar-refractivity contribution in [3.05, 3.63) is 29.3 Å². The Balaban J connectivity index is 2.27. The van der Waals surface area contributed by atoms with Crippen LogP contribution >= 0.6 is 11.6 Å². The molecular weight excluding hydrogens is 294 g/mol. The predicted molar refractivity (Wildman–Crippen MR) is 77.8 cm³/mol. The van der Waals surface area contributed by atoms with Crippen LogP contribution in [-0.2, 0) is 9.59 Å². The Morgan fingerprint density at radius 1 is 1.29 bits per heavy atom. The monoisotopic (exact) mass is 309 g/mol. The first-order chi connectivity index (χ1) is 10.0. The van der Waals surface area contributed by atoms with Gasteiger partial charge in [0.1, 0.15) is 12.2 Å². The van der Waals surface area contributed by atoms with Crippen LogP contribution < -0.4 is 15.4 Å². The number of halogens is 1. The van der Waals surface area contributed by atoms with E-state index in [1.165, 1.54) is 0 Å². The lowest BCUT2D eigenvalue weighted by molar-refractivity contribution is -0.127. The van der Waals surface area contributed by atoms with Crippen molar-refractivity contribution < 1.29 is 14.3 Å². The minimum atomic E-state index is -0.666. The molecule has 1 atom stereocenters. The number of nitrogens with one attached hydrogen (secondary N) is 2. The van der Waals surface area contributed by atoms with E-state index in [2.05, 4.69) is 10.6 Å². The molecule has 6 nitrogen and oxygen atoms in total. The van der Waals surface area contributed by atoms with E-state index in [9.17, 15) is 9.59 Å². The summed E-state index contributed by atoms with van der Waals surface area (Å²) in [5.41, 5.74) is 0. The molecule has 1 aromatic carbocycles. The van der Waals surface area contributed by atoms with Crippen LogP contribution in [0, 0.1) is 11.3 Å². The van der Waals surface area contributed by atoms with Gasteiger partial charge in [0.2, 0.25) is 5.91 Å². The SMILES string of the molecule is CC(Oc1ccc(Cl)cc1)C(=O)NCCNC(=O)CC#N. The average molecular weight is 310 g/mol. The predicted octanol–water partition coefficient (Wildman–Crippen LogP) is 1.25. The van der Waals surface area contributed by atoms with Gasteiger partial charge in [-0.15, -0.1) is 0 Å². The molecule has 0 bridgehead atoms. The zero-order chi connectivity index (χ0) is 15.7. The highest BCUT2D eigenvalue weighted by Gasteiger charge is 2.13. The van der Waals surface area contributed by atoms with Crippen molar-refractivity contribution in [3.63, 3.8) is 0 Å². The fourth-order valence-corrected chi connectivity index (χ4v) is 1.56. The number of benzene rings is 1. The van der Waals surface area contributed by atoms with Crippen molar-refractivity contribution in [1.82, 2.24) is 10.6 Å². The summed E-state index contributed by atoms with van der Waals surface area (Å²) >= 11 is 5.75. The molecule has 1 aromatic rings. The fourth-order valence-electron chi connectivity index (χ4n) is 1.44. The largest absolute Gasteiger partial charge is 0.481 e. The van der Waals surface area contributed by atoms with E-state index >= 15 is 0 Å². The zero-order valence-corrected chi connectivity index (χ0v) is 12.3. The summed E-state index contributed by atoms with van der Waals surface area (Å²) in [6.45, 7) is 2.16. The third-order valence-electron chi connectivity index (χ3n) is 2.48. The van der Waals surface area contributed by atoms with Gasteiger partial charge in [0.25, 0.3) is 5.91 Å². The molecule has 0 saturated carbocycles. The highest BCUT2D eigenvalue weighted by molar-refractivity contribution is 6.30. The average Bonchev–Trinajstić information content (AvgIpc) is 2.46. The summed E-state index contributed by atoms with van der Waals surface area (Å²) in [5, 5.41) is 14.0. The molecule has 0 aliphatic rings. The van der Waals surface area contributed by atoms with E-state index in [-0.39, 0.29) is 31.3 Å². The molecule has 7 heteroatoms. The molecule has 0 radical (unpaired) electrons. The van der Waals surface area contributed by atoms with Gasteiger partial charge in [0.05, 0.1) is 6.07 Å². The Kier molecular flexibility index (Phi) is 7.05. The zero-order valence-electron chi connectivity index (χ0n) is 11.6. The maximum atomic E-state index is 11.8. The molecule has 0 aliphatic carbocycles. The first-order valence-corrected chi connectivity index (χ1v) is 6.74. The minimum absolute atomic E-state index is 0.190. The molecule has 0 fully saturated rings. The van der Waals surface area contributed by atoms with Gasteiger partial charge in [-0.1, -0.05) is 11.6 Å². The van der Waals surface area contributed by atoms with Crippen LogP contribution in [0.4, 0.5) is 0 Å². The fraction of sp³-hybridized carbons (Fsp3) is 0.357. The topological polar surface area (TPSA) is 91.2 Å². The lowest BCUT2D eigenvalue weighted by Crippen LogP contribution is -2.40. The van der Waals surface area contributed by atoms with Crippen LogP contribution in [-0.4, -0.2) is 31.0 Å². The van der Waals surface area contributed by atoms with Gasteiger partial charge < -0.3 is 15.4 Å². The lowest BCUT2D eigenvalue weighted by atomic mass is 10.3. The summed E-state index contributed by atoms with van der Waals surface area (Å²) in [7, 11) is 0. The highest BCUT2D eigenvalue weighted by atomic mass is 35.5. The van der Waals surface area contributed by atoms with Crippen LogP contribution in [0.15, 0.2) is 24.3 Å². The van der Waals surface area contributed by atoms with E-state index in [0.29, 0.717) is 10.8 Å². The number of nitrogens with zero attached hydrogens (tertiary/aromatic N) is 1. The third kappa shape index (κ3) is 6.63. The Hall–Kier alpha value is -2.26. The lowest BCUT2D eigenvalue weighted by Gasteiger charge is -2.14. The summed E-state index contributed by atoms with van der Waals surface area (Å²) in [6, 6.07) is 8.43. The summed E-state index contributed by atoms with van der Waals surface area (Å²) in [5.74, 6) is -0.110. The number of ether oxygens (including phenoxy) is 1. The number of hydrogen-bond donors (Lipinski definition) is 2. The normalized spacial score (nSPS) is 11.1. The van der Waals surface area contributed by atoms with Gasteiger partial charge in [-0.2, -0.15) is 5.26 Å². The number of carbonyl (C=O) groups is 2. The molecule has 0 heterocycles. The number of rotatable bonds is 7. The molecule has 0 aliphatic heterocycles. The van der Waals surface area contributed by atoms with Gasteiger partial charge >= 0.3 is 0 Å². The second-order valence-electron chi connectivity index (χ2n) is 4.19. The maximum absolute atomic E-state index is 11.8. The second-order valence-corrected chi connectivity index (χ2v) is 4.63. The van der Waals surface area contributed by atoms with Crippen molar-refractivity contribution >= 4 is 23.4 Å². The summed E-state index contributed by atoms with van der Waals surface area (Å²) in [4.78, 5) is 22.8. The molecule has 2 N–H and O–H groups in total. The van der Waals surface area contributed by atoms with Crippen molar-refractivity contribution in [2.75, 3.05) is 13.1 Å². The second kappa shape index (κ2) is 8.82. The van der Waals surface area contributed by atoms with Crippen LogP contribution in [0.2, 0.25) is 5.02 Å². The van der Waals surface area contributed by atoms with E-state index in [1.54, 1.807) is 37.3 Å². The Bertz CT molecular complexity index is 525. The Morgan fingerprint density at radius 2 is 1.90 bits per heavy atom. The van der Waals surface area contributed by atoms with Crippen molar-refractivity contribution in [1.29, 1.82) is 5.26 Å². The van der Waals surface area contributed by atoms with Gasteiger partial charge in [-0.3, -0.25) is 9.59 Å². The molecule has 0 aromatic heterocycles. The van der Waals surface area contributed by atoms with Crippen molar-refractivity contribution in [2.24, 2.45) is 0 Å². The Morgan fingerprint density at radius 3 is 2.52 bits per heavy atom. The van der Waals surface area contributed by atoms with E-state index in [4.69, 9.17) is 21.6 Å². The molecule has 21 heavy (non-hydrogen) atoms. The van der Waals surface area contributed by atoms with E-state index in [1.807, 2.05) is 0 Å². The van der Waals surface area contributed by atoms with Gasteiger partial charge in [0.15, 0.2) is 6.10 Å². The minimum Gasteiger partial charge on any atom is -0.481 e. The number of nitriles is 1. The molecule has 2 amide bonds. The third-order valence-corrected chi connectivity index (χ3v) is 2.73. The van der Waals surface area contributed by atoms with Crippen LogP contribution in [0.3, 0.4) is 0 Å². The molecule has 1 unspecified atom stereocenters. The molecular formula is C14H16ClN3O3. The Labute approximate surface area is 128 Å². The summed E-state index contributed by atoms with van der Waals surface area (Å²) in [6.07, 6.45) is -0.856. The van der Waals surface area contributed by atoms with Crippen LogP contribution in [0.1, 0.15) is 13.3 Å². The van der Waals surface area contributed by atoms with E-state index in [0.717, 1.165) is 0 Å². The quantitative estimate of drug-likeness (QED) is 0.742. The first-order valence-electron chi connectivity index (χ1n) is 6.36. The maximum Gasteiger partial charge on any atom is 0.260 e. The van der Waals surface area contributed by atoms with Gasteiger partial charge in [0, 0.05) is 18.1 Å². The first kappa shape index (κ1) is 16.8. The molecule has 1 rings (SSSR count). The summed E-state index contributed by atoms with van der Waals surface area (Å²) < 4.78 is 5.45. The van der Waals surface area contributed by atoms with Crippen LogP contribution in [0.5, 0.6) is 5.75 Å². The van der Waals surface area contributed by atoms with Crippen molar-refractivity contribution in [3.8, 4) is 11.8 Å². The number of hydrogen-bond acceptors (Lipinski definition) is 4.